The van der Waals surface area contributed by atoms with Crippen LogP contribution in [0.4, 0.5) is 0 Å². The predicted molar refractivity (Wildman–Crippen MR) is 58.7 cm³/mol. The second kappa shape index (κ2) is 10.7. The summed E-state index contributed by atoms with van der Waals surface area (Å²) in [5.41, 5.74) is 0. The zero-order valence-corrected chi connectivity index (χ0v) is 11.6. The van der Waals surface area contributed by atoms with E-state index in [1.54, 1.807) is 0 Å². The molecule has 0 rings (SSSR count). The zero-order valence-electron chi connectivity index (χ0n) is 10.2. The average molecular weight is 221 g/mol. The molecule has 0 heterocycles. The Balaban J connectivity index is -0.000000143. The first-order valence-corrected chi connectivity index (χ1v) is 4.95. The number of hydrogen-bond acceptors (Lipinski definition) is 0. The van der Waals surface area contributed by atoms with Gasteiger partial charge in [-0.15, -0.1) is 0 Å². The number of rotatable bonds is 2. The van der Waals surface area contributed by atoms with Gasteiger partial charge in [-0.2, -0.15) is 11.8 Å². The average Bonchev–Trinajstić information content (AvgIpc) is 1.88. The van der Waals surface area contributed by atoms with E-state index in [4.69, 9.17) is 0 Å². The van der Waals surface area contributed by atoms with Gasteiger partial charge < -0.3 is 13.8 Å². The van der Waals surface area contributed by atoms with Crippen LogP contribution in [0.3, 0.4) is 0 Å². The molecule has 0 aliphatic carbocycles. The van der Waals surface area contributed by atoms with Crippen molar-refractivity contribution in [3.8, 4) is 0 Å². The molecule has 0 N–H and O–H groups in total. The molecule has 79 valence electrons. The molecule has 1 heteroatoms. The molecule has 0 bridgehead atoms. The van der Waals surface area contributed by atoms with Gasteiger partial charge in [0, 0.05) is 0 Å². The molecule has 0 aromatic heterocycles. The first-order chi connectivity index (χ1) is 5.29. The van der Waals surface area contributed by atoms with E-state index in [-0.39, 0.29) is 18.6 Å². The second-order valence-corrected chi connectivity index (χ2v) is 4.44. The summed E-state index contributed by atoms with van der Waals surface area (Å²) in [5.74, 6) is 2.69. The first kappa shape index (κ1) is 19.2. The molecular formula is C12H26V. The summed E-state index contributed by atoms with van der Waals surface area (Å²) < 4.78 is 0. The molecule has 2 unspecified atom stereocenters. The van der Waals surface area contributed by atoms with E-state index in [1.165, 1.54) is 0 Å². The summed E-state index contributed by atoms with van der Waals surface area (Å²) in [4.78, 5) is 0. The minimum absolute atomic E-state index is 0. The van der Waals surface area contributed by atoms with Gasteiger partial charge in [0.2, 0.25) is 0 Å². The quantitative estimate of drug-likeness (QED) is 0.612. The molecule has 0 spiro atoms. The fourth-order valence-corrected chi connectivity index (χ4v) is 0. The fourth-order valence-electron chi connectivity index (χ4n) is 0. The molecule has 0 aliphatic heterocycles. The summed E-state index contributed by atoms with van der Waals surface area (Å²) in [7, 11) is 0. The Hall–Kier alpha value is 0.584. The SMILES string of the molecule is [CH2-]C(C)C(C)C.[CH2-]C(C)C(C)C.[V+2]. The van der Waals surface area contributed by atoms with Crippen molar-refractivity contribution in [2.24, 2.45) is 23.7 Å². The Bertz CT molecular complexity index is 59.1. The molecule has 1 radical (unpaired) electrons. The van der Waals surface area contributed by atoms with E-state index in [1.807, 2.05) is 0 Å². The molecule has 0 aromatic rings. The van der Waals surface area contributed by atoms with E-state index >= 15 is 0 Å². The zero-order chi connectivity index (χ0) is 10.3. The Labute approximate surface area is 97.8 Å². The molecule has 0 saturated heterocycles. The van der Waals surface area contributed by atoms with Crippen molar-refractivity contribution in [3.63, 3.8) is 0 Å². The standard InChI is InChI=1S/2C6H13.V/c2*1-5(2)6(3)4;/h2*5-6H,1H2,2-4H3;/q2*-1;+2. The fraction of sp³-hybridized carbons (Fsp3) is 0.833. The van der Waals surface area contributed by atoms with Crippen LogP contribution >= 0.6 is 0 Å². The topological polar surface area (TPSA) is 0 Å². The van der Waals surface area contributed by atoms with Crippen molar-refractivity contribution in [2.75, 3.05) is 0 Å². The molecular weight excluding hydrogens is 195 g/mol. The van der Waals surface area contributed by atoms with E-state index in [9.17, 15) is 0 Å². The predicted octanol–water partition coefficient (Wildman–Crippen LogP) is 4.22. The van der Waals surface area contributed by atoms with Crippen LogP contribution in [0, 0.1) is 37.5 Å². The van der Waals surface area contributed by atoms with E-state index < -0.39 is 0 Å². The van der Waals surface area contributed by atoms with Crippen molar-refractivity contribution >= 4 is 0 Å². The molecule has 0 aromatic carbocycles. The van der Waals surface area contributed by atoms with E-state index in [0.29, 0.717) is 11.8 Å². The monoisotopic (exact) mass is 221 g/mol. The normalized spacial score (nSPS) is 14.3. The van der Waals surface area contributed by atoms with Gasteiger partial charge in [0.25, 0.3) is 0 Å². The third kappa shape index (κ3) is 19.1. The minimum Gasteiger partial charge on any atom is -0.340 e. The van der Waals surface area contributed by atoms with Crippen molar-refractivity contribution in [3.05, 3.63) is 13.8 Å². The second-order valence-electron chi connectivity index (χ2n) is 4.44. The van der Waals surface area contributed by atoms with E-state index in [0.717, 1.165) is 11.8 Å². The van der Waals surface area contributed by atoms with Gasteiger partial charge in [0.05, 0.1) is 0 Å². The van der Waals surface area contributed by atoms with Crippen LogP contribution in [0.5, 0.6) is 0 Å². The van der Waals surface area contributed by atoms with Gasteiger partial charge in [0.15, 0.2) is 0 Å². The third-order valence-electron chi connectivity index (χ3n) is 2.28. The Kier molecular flexibility index (Phi) is 15.8. The minimum atomic E-state index is 0. The van der Waals surface area contributed by atoms with Gasteiger partial charge in [-0.05, 0) is 0 Å². The Morgan fingerprint density at radius 3 is 0.692 bits per heavy atom. The van der Waals surface area contributed by atoms with Crippen LogP contribution in [0.2, 0.25) is 0 Å². The Morgan fingerprint density at radius 2 is 0.692 bits per heavy atom. The molecule has 2 atom stereocenters. The summed E-state index contributed by atoms with van der Waals surface area (Å²) in [5, 5.41) is 0. The molecule has 0 fully saturated rings. The van der Waals surface area contributed by atoms with Gasteiger partial charge in [-0.3, -0.25) is 0 Å². The molecule has 0 nitrogen and oxygen atoms in total. The largest absolute Gasteiger partial charge is 2.00 e. The maximum Gasteiger partial charge on any atom is 2.00 e. The van der Waals surface area contributed by atoms with Gasteiger partial charge in [0.1, 0.15) is 0 Å². The van der Waals surface area contributed by atoms with Gasteiger partial charge in [-0.25, -0.2) is 0 Å². The summed E-state index contributed by atoms with van der Waals surface area (Å²) in [6.07, 6.45) is 0. The van der Waals surface area contributed by atoms with Gasteiger partial charge >= 0.3 is 18.6 Å². The summed E-state index contributed by atoms with van der Waals surface area (Å²) >= 11 is 0. The van der Waals surface area contributed by atoms with Crippen molar-refractivity contribution in [2.45, 2.75) is 41.5 Å². The molecule has 13 heavy (non-hydrogen) atoms. The Morgan fingerprint density at radius 1 is 0.615 bits per heavy atom. The number of hydrogen-bond donors (Lipinski definition) is 0. The molecule has 0 saturated carbocycles. The molecule has 0 amide bonds. The van der Waals surface area contributed by atoms with Crippen molar-refractivity contribution in [1.29, 1.82) is 0 Å². The van der Waals surface area contributed by atoms with Crippen molar-refractivity contribution in [1.82, 2.24) is 0 Å². The van der Waals surface area contributed by atoms with Crippen LogP contribution in [0.15, 0.2) is 0 Å². The van der Waals surface area contributed by atoms with Crippen LogP contribution in [-0.4, -0.2) is 0 Å². The van der Waals surface area contributed by atoms with Crippen LogP contribution in [-0.2, 0) is 18.6 Å². The smallest absolute Gasteiger partial charge is 0.340 e. The summed E-state index contributed by atoms with van der Waals surface area (Å²) in [6.45, 7) is 20.6. The maximum atomic E-state index is 3.84. The summed E-state index contributed by atoms with van der Waals surface area (Å²) in [6, 6.07) is 0. The first-order valence-electron chi connectivity index (χ1n) is 4.95. The van der Waals surface area contributed by atoms with E-state index in [2.05, 4.69) is 55.4 Å². The maximum absolute atomic E-state index is 3.84. The van der Waals surface area contributed by atoms with Crippen LogP contribution < -0.4 is 0 Å². The van der Waals surface area contributed by atoms with Gasteiger partial charge in [-0.1, -0.05) is 53.4 Å². The molecule has 0 aliphatic rings. The van der Waals surface area contributed by atoms with Crippen LogP contribution in [0.25, 0.3) is 0 Å². The van der Waals surface area contributed by atoms with Crippen molar-refractivity contribution < 1.29 is 18.6 Å². The van der Waals surface area contributed by atoms with Crippen LogP contribution in [0.1, 0.15) is 41.5 Å². The third-order valence-corrected chi connectivity index (χ3v) is 2.28.